The molecular weight excluding hydrogens is 254 g/mol. The summed E-state index contributed by atoms with van der Waals surface area (Å²) in [5.41, 5.74) is 6.39. The van der Waals surface area contributed by atoms with E-state index in [4.69, 9.17) is 10.8 Å². The van der Waals surface area contributed by atoms with Gasteiger partial charge in [-0.2, -0.15) is 0 Å². The first-order chi connectivity index (χ1) is 9.30. The van der Waals surface area contributed by atoms with Crippen molar-refractivity contribution in [2.75, 3.05) is 17.7 Å². The van der Waals surface area contributed by atoms with Crippen LogP contribution in [0.4, 0.5) is 11.5 Å². The third kappa shape index (κ3) is 3.03. The van der Waals surface area contributed by atoms with Crippen molar-refractivity contribution in [3.63, 3.8) is 0 Å². The van der Waals surface area contributed by atoms with Crippen LogP contribution in [0.5, 0.6) is 0 Å². The zero-order chi connectivity index (χ0) is 14.9. The third-order valence-corrected chi connectivity index (χ3v) is 4.37. The van der Waals surface area contributed by atoms with Crippen LogP contribution in [0.3, 0.4) is 0 Å². The maximum absolute atomic E-state index is 11.1. The lowest BCUT2D eigenvalue weighted by atomic mass is 9.75. The second-order valence-corrected chi connectivity index (χ2v) is 6.44. The molecule has 1 aromatic heterocycles. The molecular formula is C15H23N3O2. The smallest absolute Gasteiger partial charge is 0.337 e. The number of anilines is 2. The summed E-state index contributed by atoms with van der Waals surface area (Å²) in [6, 6.07) is 1.98. The van der Waals surface area contributed by atoms with E-state index in [0.29, 0.717) is 17.3 Å². The first-order valence-electron chi connectivity index (χ1n) is 7.02. The fourth-order valence-electron chi connectivity index (χ4n) is 2.79. The predicted octanol–water partition coefficient (Wildman–Crippen LogP) is 2.77. The van der Waals surface area contributed by atoms with E-state index in [1.807, 2.05) is 7.05 Å². The van der Waals surface area contributed by atoms with E-state index in [1.165, 1.54) is 19.0 Å². The molecule has 2 rings (SSSR count). The summed E-state index contributed by atoms with van der Waals surface area (Å²) in [7, 11) is 1.98. The lowest BCUT2D eigenvalue weighted by Crippen LogP contribution is -2.37. The molecule has 1 aliphatic rings. The van der Waals surface area contributed by atoms with E-state index < -0.39 is 5.97 Å². The second kappa shape index (κ2) is 5.31. The highest BCUT2D eigenvalue weighted by Gasteiger charge is 2.29. The highest BCUT2D eigenvalue weighted by Crippen LogP contribution is 2.37. The minimum atomic E-state index is -1.01. The summed E-state index contributed by atoms with van der Waals surface area (Å²) in [6.45, 7) is 4.60. The van der Waals surface area contributed by atoms with Crippen molar-refractivity contribution in [2.24, 2.45) is 5.41 Å². The average Bonchev–Trinajstić information content (AvgIpc) is 2.38. The SMILES string of the molecule is CN(c1cc(C(=O)O)c(N)cn1)C1CCC(C)(C)CC1. The third-order valence-electron chi connectivity index (χ3n) is 4.37. The Morgan fingerprint density at radius 1 is 1.45 bits per heavy atom. The molecule has 110 valence electrons. The summed E-state index contributed by atoms with van der Waals surface area (Å²) in [4.78, 5) is 17.5. The summed E-state index contributed by atoms with van der Waals surface area (Å²) >= 11 is 0. The Morgan fingerprint density at radius 2 is 2.05 bits per heavy atom. The number of nitrogens with two attached hydrogens (primary N) is 1. The number of nitrogen functional groups attached to an aromatic ring is 1. The van der Waals surface area contributed by atoms with Crippen LogP contribution in [0.1, 0.15) is 49.9 Å². The van der Waals surface area contributed by atoms with Gasteiger partial charge in [-0.05, 0) is 37.2 Å². The highest BCUT2D eigenvalue weighted by molar-refractivity contribution is 5.94. The molecule has 5 heteroatoms. The predicted molar refractivity (Wildman–Crippen MR) is 80.0 cm³/mol. The molecule has 0 amide bonds. The number of hydrogen-bond donors (Lipinski definition) is 2. The number of nitrogens with zero attached hydrogens (tertiary/aromatic N) is 2. The minimum Gasteiger partial charge on any atom is -0.478 e. The lowest BCUT2D eigenvalue weighted by molar-refractivity contribution is 0.0698. The number of aromatic nitrogens is 1. The van der Waals surface area contributed by atoms with Crippen LogP contribution in [0.25, 0.3) is 0 Å². The molecule has 0 radical (unpaired) electrons. The fraction of sp³-hybridized carbons (Fsp3) is 0.600. The Hall–Kier alpha value is -1.78. The molecule has 0 aliphatic heterocycles. The van der Waals surface area contributed by atoms with E-state index in [0.717, 1.165) is 12.8 Å². The molecule has 1 saturated carbocycles. The van der Waals surface area contributed by atoms with Gasteiger partial charge < -0.3 is 15.7 Å². The number of pyridine rings is 1. The molecule has 3 N–H and O–H groups in total. The molecule has 0 unspecified atom stereocenters. The Morgan fingerprint density at radius 3 is 2.60 bits per heavy atom. The van der Waals surface area contributed by atoms with Gasteiger partial charge >= 0.3 is 5.97 Å². The van der Waals surface area contributed by atoms with Gasteiger partial charge in [-0.3, -0.25) is 0 Å². The van der Waals surface area contributed by atoms with Crippen LogP contribution in [-0.4, -0.2) is 29.1 Å². The lowest BCUT2D eigenvalue weighted by Gasteiger charge is -2.39. The number of carboxylic acid groups (broad SMARTS) is 1. The van der Waals surface area contributed by atoms with Crippen molar-refractivity contribution < 1.29 is 9.90 Å². The van der Waals surface area contributed by atoms with Crippen molar-refractivity contribution in [3.8, 4) is 0 Å². The van der Waals surface area contributed by atoms with Crippen LogP contribution < -0.4 is 10.6 Å². The van der Waals surface area contributed by atoms with E-state index in [2.05, 4.69) is 23.7 Å². The largest absolute Gasteiger partial charge is 0.478 e. The minimum absolute atomic E-state index is 0.123. The summed E-state index contributed by atoms with van der Waals surface area (Å²) in [5.74, 6) is -0.328. The van der Waals surface area contributed by atoms with E-state index in [9.17, 15) is 4.79 Å². The Bertz CT molecular complexity index is 504. The monoisotopic (exact) mass is 277 g/mol. The molecule has 1 aliphatic carbocycles. The standard InChI is InChI=1S/C15H23N3O2/c1-15(2)6-4-10(5-7-15)18(3)13-8-11(14(19)20)12(16)9-17-13/h8-10H,4-7,16H2,1-3H3,(H,19,20). The number of carbonyl (C=O) groups is 1. The molecule has 0 spiro atoms. The Balaban J connectivity index is 2.15. The van der Waals surface area contributed by atoms with Gasteiger partial charge in [0.2, 0.25) is 0 Å². The van der Waals surface area contributed by atoms with Gasteiger partial charge in [-0.15, -0.1) is 0 Å². The topological polar surface area (TPSA) is 79.5 Å². The number of carboxylic acids is 1. The van der Waals surface area contributed by atoms with Crippen molar-refractivity contribution >= 4 is 17.5 Å². The maximum Gasteiger partial charge on any atom is 0.337 e. The van der Waals surface area contributed by atoms with Crippen molar-refractivity contribution in [2.45, 2.75) is 45.6 Å². The molecule has 0 bridgehead atoms. The van der Waals surface area contributed by atoms with Gasteiger partial charge in [0.15, 0.2) is 0 Å². The zero-order valence-electron chi connectivity index (χ0n) is 12.4. The highest BCUT2D eigenvalue weighted by atomic mass is 16.4. The average molecular weight is 277 g/mol. The van der Waals surface area contributed by atoms with Gasteiger partial charge in [0.25, 0.3) is 0 Å². The van der Waals surface area contributed by atoms with Crippen molar-refractivity contribution in [1.82, 2.24) is 4.98 Å². The quantitative estimate of drug-likeness (QED) is 0.888. The summed E-state index contributed by atoms with van der Waals surface area (Å²) in [6.07, 6.45) is 6.02. The second-order valence-electron chi connectivity index (χ2n) is 6.44. The van der Waals surface area contributed by atoms with E-state index in [1.54, 1.807) is 6.07 Å². The normalized spacial score (nSPS) is 18.8. The number of rotatable bonds is 3. The van der Waals surface area contributed by atoms with Gasteiger partial charge in [0.05, 0.1) is 17.4 Å². The first kappa shape index (κ1) is 14.6. The molecule has 5 nitrogen and oxygen atoms in total. The summed E-state index contributed by atoms with van der Waals surface area (Å²) in [5, 5.41) is 9.12. The Kier molecular flexibility index (Phi) is 3.88. The van der Waals surface area contributed by atoms with Gasteiger partial charge in [-0.25, -0.2) is 9.78 Å². The molecule has 1 heterocycles. The van der Waals surface area contributed by atoms with Crippen LogP contribution in [0, 0.1) is 5.41 Å². The first-order valence-corrected chi connectivity index (χ1v) is 7.02. The van der Waals surface area contributed by atoms with Crippen molar-refractivity contribution in [1.29, 1.82) is 0 Å². The van der Waals surface area contributed by atoms with Crippen LogP contribution in [0.2, 0.25) is 0 Å². The fourth-order valence-corrected chi connectivity index (χ4v) is 2.79. The van der Waals surface area contributed by atoms with Crippen LogP contribution >= 0.6 is 0 Å². The molecule has 0 aromatic carbocycles. The van der Waals surface area contributed by atoms with Gasteiger partial charge in [0.1, 0.15) is 5.82 Å². The van der Waals surface area contributed by atoms with E-state index in [-0.39, 0.29) is 11.3 Å². The summed E-state index contributed by atoms with van der Waals surface area (Å²) < 4.78 is 0. The van der Waals surface area contributed by atoms with E-state index >= 15 is 0 Å². The van der Waals surface area contributed by atoms with Gasteiger partial charge in [0, 0.05) is 13.1 Å². The molecule has 1 fully saturated rings. The molecule has 0 saturated heterocycles. The van der Waals surface area contributed by atoms with Gasteiger partial charge in [-0.1, -0.05) is 13.8 Å². The molecule has 0 atom stereocenters. The maximum atomic E-state index is 11.1. The Labute approximate surface area is 119 Å². The number of aromatic carboxylic acids is 1. The number of hydrogen-bond acceptors (Lipinski definition) is 4. The molecule has 20 heavy (non-hydrogen) atoms. The molecule has 1 aromatic rings. The van der Waals surface area contributed by atoms with Crippen LogP contribution in [-0.2, 0) is 0 Å². The van der Waals surface area contributed by atoms with Crippen molar-refractivity contribution in [3.05, 3.63) is 17.8 Å². The van der Waals surface area contributed by atoms with Crippen LogP contribution in [0.15, 0.2) is 12.3 Å². The zero-order valence-corrected chi connectivity index (χ0v) is 12.4.